The van der Waals surface area contributed by atoms with Crippen molar-refractivity contribution in [1.82, 2.24) is 0 Å². The monoisotopic (exact) mass is 189 g/mol. The Bertz CT molecular complexity index is 399. The van der Waals surface area contributed by atoms with E-state index >= 15 is 0 Å². The molecule has 0 fully saturated rings. The molecule has 0 heterocycles. The molecule has 0 amide bonds. The normalized spacial score (nSPS) is 15.2. The molecule has 0 saturated carbocycles. The molecule has 2 heteroatoms. The number of hydrogen-bond acceptors (Lipinski definition) is 2. The molecule has 1 aliphatic carbocycles. The fourth-order valence-corrected chi connectivity index (χ4v) is 1.94. The Balaban J connectivity index is 2.48. The first-order valence-electron chi connectivity index (χ1n) is 4.80. The van der Waals surface area contributed by atoms with Crippen LogP contribution in [-0.2, 0) is 6.42 Å². The largest absolute Gasteiger partial charge is 0.508 e. The van der Waals surface area contributed by atoms with Crippen molar-refractivity contribution in [2.45, 2.75) is 25.8 Å². The van der Waals surface area contributed by atoms with E-state index in [-0.39, 0.29) is 5.54 Å². The second-order valence-corrected chi connectivity index (χ2v) is 4.39. The number of nitrogens with two attached hydrogens (primary N) is 1. The van der Waals surface area contributed by atoms with Crippen LogP contribution in [0.2, 0.25) is 0 Å². The van der Waals surface area contributed by atoms with E-state index in [0.717, 1.165) is 6.42 Å². The van der Waals surface area contributed by atoms with Crippen molar-refractivity contribution >= 4 is 5.57 Å². The fraction of sp³-hybridized carbons (Fsp3) is 0.333. The van der Waals surface area contributed by atoms with Gasteiger partial charge in [0, 0.05) is 5.54 Å². The summed E-state index contributed by atoms with van der Waals surface area (Å²) in [5.41, 5.74) is 9.27. The topological polar surface area (TPSA) is 46.2 Å². The minimum Gasteiger partial charge on any atom is -0.508 e. The molecule has 0 radical (unpaired) electrons. The Kier molecular flexibility index (Phi) is 1.89. The first kappa shape index (κ1) is 9.28. The highest BCUT2D eigenvalue weighted by atomic mass is 16.3. The fourth-order valence-electron chi connectivity index (χ4n) is 1.94. The summed E-state index contributed by atoms with van der Waals surface area (Å²) >= 11 is 0. The summed E-state index contributed by atoms with van der Waals surface area (Å²) in [6, 6.07) is 5.46. The molecule has 0 saturated heterocycles. The lowest BCUT2D eigenvalue weighted by atomic mass is 9.91. The maximum Gasteiger partial charge on any atom is 0.115 e. The molecule has 0 aromatic heterocycles. The van der Waals surface area contributed by atoms with Gasteiger partial charge in [-0.3, -0.25) is 0 Å². The zero-order chi connectivity index (χ0) is 10.3. The van der Waals surface area contributed by atoms with Gasteiger partial charge in [-0.1, -0.05) is 12.1 Å². The van der Waals surface area contributed by atoms with Crippen molar-refractivity contribution in [2.75, 3.05) is 0 Å². The van der Waals surface area contributed by atoms with Crippen molar-refractivity contribution in [3.8, 4) is 5.75 Å². The van der Waals surface area contributed by atoms with Crippen LogP contribution in [0.3, 0.4) is 0 Å². The standard InChI is InChI=1S/C12H15NO/c1-12(2,13)11-6-3-8-7-9(14)4-5-10(8)11/h4-7,14H,3,13H2,1-2H3. The molecule has 14 heavy (non-hydrogen) atoms. The predicted molar refractivity (Wildman–Crippen MR) is 58.1 cm³/mol. The highest BCUT2D eigenvalue weighted by Crippen LogP contribution is 2.35. The van der Waals surface area contributed by atoms with Gasteiger partial charge in [0.1, 0.15) is 5.75 Å². The van der Waals surface area contributed by atoms with E-state index in [9.17, 15) is 5.11 Å². The number of rotatable bonds is 1. The zero-order valence-electron chi connectivity index (χ0n) is 8.54. The van der Waals surface area contributed by atoms with Gasteiger partial charge in [-0.25, -0.2) is 0 Å². The molecule has 1 aromatic rings. The van der Waals surface area contributed by atoms with Crippen LogP contribution in [0.15, 0.2) is 24.3 Å². The van der Waals surface area contributed by atoms with Crippen LogP contribution in [0.4, 0.5) is 0 Å². The van der Waals surface area contributed by atoms with Crippen molar-refractivity contribution in [3.05, 3.63) is 35.4 Å². The highest BCUT2D eigenvalue weighted by Gasteiger charge is 2.24. The number of hydrogen-bond donors (Lipinski definition) is 2. The molecule has 0 unspecified atom stereocenters. The van der Waals surface area contributed by atoms with E-state index in [4.69, 9.17) is 5.73 Å². The molecule has 0 bridgehead atoms. The molecule has 1 aromatic carbocycles. The molecule has 2 rings (SSSR count). The minimum atomic E-state index is -0.303. The molecule has 0 atom stereocenters. The summed E-state index contributed by atoms with van der Waals surface area (Å²) in [4.78, 5) is 0. The SMILES string of the molecule is CC(C)(N)C1=CCc2cc(O)ccc21. The Morgan fingerprint density at radius 3 is 2.71 bits per heavy atom. The maximum absolute atomic E-state index is 9.33. The summed E-state index contributed by atoms with van der Waals surface area (Å²) in [6.45, 7) is 4.00. The molecule has 74 valence electrons. The Hall–Kier alpha value is -1.28. The number of aromatic hydroxyl groups is 1. The van der Waals surface area contributed by atoms with Crippen LogP contribution in [0.5, 0.6) is 5.75 Å². The van der Waals surface area contributed by atoms with Crippen molar-refractivity contribution in [2.24, 2.45) is 5.73 Å². The Morgan fingerprint density at radius 2 is 2.07 bits per heavy atom. The van der Waals surface area contributed by atoms with E-state index in [1.165, 1.54) is 16.7 Å². The average molecular weight is 189 g/mol. The highest BCUT2D eigenvalue weighted by molar-refractivity contribution is 5.78. The number of fused-ring (bicyclic) bond motifs is 1. The average Bonchev–Trinajstić information content (AvgIpc) is 2.45. The summed E-state index contributed by atoms with van der Waals surface area (Å²) in [6.07, 6.45) is 3.02. The van der Waals surface area contributed by atoms with Gasteiger partial charge in [-0.15, -0.1) is 0 Å². The van der Waals surface area contributed by atoms with Crippen LogP contribution in [0, 0.1) is 0 Å². The summed E-state index contributed by atoms with van der Waals surface area (Å²) in [5, 5.41) is 9.33. The summed E-state index contributed by atoms with van der Waals surface area (Å²) < 4.78 is 0. The minimum absolute atomic E-state index is 0.303. The first-order valence-corrected chi connectivity index (χ1v) is 4.80. The van der Waals surface area contributed by atoms with Gasteiger partial charge in [-0.05, 0) is 49.1 Å². The summed E-state index contributed by atoms with van der Waals surface area (Å²) in [5.74, 6) is 0.327. The Labute approximate surface area is 84.1 Å². The van der Waals surface area contributed by atoms with Crippen LogP contribution in [0.1, 0.15) is 25.0 Å². The van der Waals surface area contributed by atoms with Gasteiger partial charge in [0.2, 0.25) is 0 Å². The number of phenols is 1. The van der Waals surface area contributed by atoms with Crippen molar-refractivity contribution in [3.63, 3.8) is 0 Å². The van der Waals surface area contributed by atoms with E-state index in [1.54, 1.807) is 6.07 Å². The van der Waals surface area contributed by atoms with Gasteiger partial charge in [0.15, 0.2) is 0 Å². The smallest absolute Gasteiger partial charge is 0.115 e. The molecular formula is C12H15NO. The molecule has 0 aliphatic heterocycles. The number of phenolic OH excluding ortho intramolecular Hbond substituents is 1. The van der Waals surface area contributed by atoms with Gasteiger partial charge in [0.25, 0.3) is 0 Å². The molecule has 0 spiro atoms. The van der Waals surface area contributed by atoms with Crippen LogP contribution in [-0.4, -0.2) is 10.6 Å². The quantitative estimate of drug-likeness (QED) is 0.710. The summed E-state index contributed by atoms with van der Waals surface area (Å²) in [7, 11) is 0. The predicted octanol–water partition coefficient (Wildman–Crippen LogP) is 2.07. The van der Waals surface area contributed by atoms with E-state index in [0.29, 0.717) is 5.75 Å². The Morgan fingerprint density at radius 1 is 1.36 bits per heavy atom. The van der Waals surface area contributed by atoms with Gasteiger partial charge >= 0.3 is 0 Å². The molecular weight excluding hydrogens is 174 g/mol. The van der Waals surface area contributed by atoms with E-state index in [1.807, 2.05) is 26.0 Å². The second kappa shape index (κ2) is 2.85. The van der Waals surface area contributed by atoms with Crippen molar-refractivity contribution in [1.29, 1.82) is 0 Å². The van der Waals surface area contributed by atoms with Gasteiger partial charge in [-0.2, -0.15) is 0 Å². The van der Waals surface area contributed by atoms with Crippen LogP contribution < -0.4 is 5.73 Å². The number of benzene rings is 1. The molecule has 1 aliphatic rings. The van der Waals surface area contributed by atoms with E-state index in [2.05, 4.69) is 6.08 Å². The zero-order valence-corrected chi connectivity index (χ0v) is 8.54. The van der Waals surface area contributed by atoms with Crippen LogP contribution in [0.25, 0.3) is 5.57 Å². The third-order valence-corrected chi connectivity index (χ3v) is 2.60. The molecule has 3 N–H and O–H groups in total. The van der Waals surface area contributed by atoms with Gasteiger partial charge < -0.3 is 10.8 Å². The maximum atomic E-state index is 9.33. The van der Waals surface area contributed by atoms with E-state index < -0.39 is 0 Å². The lowest BCUT2D eigenvalue weighted by Gasteiger charge is -2.21. The van der Waals surface area contributed by atoms with Crippen LogP contribution >= 0.6 is 0 Å². The first-order chi connectivity index (χ1) is 6.48. The van der Waals surface area contributed by atoms with Crippen molar-refractivity contribution < 1.29 is 5.11 Å². The third-order valence-electron chi connectivity index (χ3n) is 2.60. The lowest BCUT2D eigenvalue weighted by molar-refractivity contribution is 0.474. The second-order valence-electron chi connectivity index (χ2n) is 4.39. The van der Waals surface area contributed by atoms with Gasteiger partial charge in [0.05, 0.1) is 0 Å². The number of allylic oxidation sites excluding steroid dienone is 1. The molecule has 2 nitrogen and oxygen atoms in total. The third kappa shape index (κ3) is 1.42. The lowest BCUT2D eigenvalue weighted by Crippen LogP contribution is -2.32.